The fraction of sp³-hybridized carbons (Fsp3) is 0.873. The first-order valence-corrected chi connectivity index (χ1v) is 31.5. The van der Waals surface area contributed by atoms with Crippen molar-refractivity contribution in [2.75, 3.05) is 59.5 Å². The maximum Gasteiger partial charge on any atom is 0.243 e. The second-order valence-corrected chi connectivity index (χ2v) is 21.7. The van der Waals surface area contributed by atoms with Gasteiger partial charge in [-0.25, -0.2) is 0 Å². The van der Waals surface area contributed by atoms with E-state index >= 15 is 0 Å². The molecule has 0 aliphatic rings. The molecule has 11 nitrogen and oxygen atoms in total. The Kier molecular flexibility index (Phi) is 50.4. The molecular formula is C63H121N5O6. The second kappa shape index (κ2) is 52.3. The number of allylic oxidation sites excluding steroid dienone is 4. The second-order valence-electron chi connectivity index (χ2n) is 21.7. The summed E-state index contributed by atoms with van der Waals surface area (Å²) >= 11 is 0. The number of rotatable bonds is 54. The smallest absolute Gasteiger partial charge is 0.243 e. The van der Waals surface area contributed by atoms with Gasteiger partial charge in [0.2, 0.25) is 23.6 Å². The number of amides is 4. The Labute approximate surface area is 457 Å². The number of aliphatic hydroxyl groups is 2. The van der Waals surface area contributed by atoms with Crippen molar-refractivity contribution in [1.29, 1.82) is 0 Å². The van der Waals surface area contributed by atoms with Crippen molar-refractivity contribution in [3.8, 4) is 0 Å². The van der Waals surface area contributed by atoms with Crippen LogP contribution in [0.4, 0.5) is 0 Å². The van der Waals surface area contributed by atoms with Gasteiger partial charge in [0.1, 0.15) is 12.1 Å². The standard InChI is InChI=1S/C63H121N5O6/c1-8-14-18-20-22-24-26-28-30-32-34-36-38-40-42-46-58(71)67(52-54-69)60(56(12-5)44-16-10-3)62(73)64-48-50-66(7)51-49-65-63(74)61(57(13-6)45-17-11-4)68(53-55-70)59(72)47-43-41-39-37-35-33-31-29-27-25-23-21-19-15-9-2/h28-31,56-57,60-61,69-70H,8-27,32-55H2,1-7H3,(H,64,73)(H,65,74)/b30-28-,31-29-. The van der Waals surface area contributed by atoms with Gasteiger partial charge in [-0.1, -0.05) is 207 Å². The fourth-order valence-corrected chi connectivity index (χ4v) is 10.4. The van der Waals surface area contributed by atoms with Crippen LogP contribution in [0.2, 0.25) is 0 Å². The van der Waals surface area contributed by atoms with Gasteiger partial charge in [0, 0.05) is 52.1 Å². The van der Waals surface area contributed by atoms with E-state index in [0.29, 0.717) is 39.0 Å². The van der Waals surface area contributed by atoms with Crippen LogP contribution in [0.25, 0.3) is 0 Å². The van der Waals surface area contributed by atoms with Crippen molar-refractivity contribution in [3.05, 3.63) is 24.3 Å². The molecule has 0 heterocycles. The number of hydrogen-bond donors (Lipinski definition) is 4. The number of nitrogens with zero attached hydrogens (tertiary/aromatic N) is 3. The topological polar surface area (TPSA) is 143 Å². The molecule has 4 atom stereocenters. The van der Waals surface area contributed by atoms with Crippen molar-refractivity contribution in [1.82, 2.24) is 25.3 Å². The largest absolute Gasteiger partial charge is 0.395 e. The lowest BCUT2D eigenvalue weighted by molar-refractivity contribution is -0.143. The molecule has 0 spiro atoms. The minimum Gasteiger partial charge on any atom is -0.395 e. The van der Waals surface area contributed by atoms with Crippen molar-refractivity contribution >= 4 is 23.6 Å². The van der Waals surface area contributed by atoms with Crippen LogP contribution in [0.5, 0.6) is 0 Å². The van der Waals surface area contributed by atoms with Gasteiger partial charge in [0.05, 0.1) is 13.2 Å². The van der Waals surface area contributed by atoms with E-state index in [2.05, 4.69) is 81.4 Å². The molecular weight excluding hydrogens is 923 g/mol. The summed E-state index contributed by atoms with van der Waals surface area (Å²) in [6.07, 6.45) is 48.2. The fourth-order valence-electron chi connectivity index (χ4n) is 10.4. The summed E-state index contributed by atoms with van der Waals surface area (Å²) in [4.78, 5) is 61.3. The Morgan fingerprint density at radius 3 is 1.00 bits per heavy atom. The third kappa shape index (κ3) is 37.1. The third-order valence-electron chi connectivity index (χ3n) is 15.2. The Balaban J connectivity index is 5.27. The van der Waals surface area contributed by atoms with E-state index in [-0.39, 0.29) is 61.8 Å². The average molecular weight is 1040 g/mol. The zero-order valence-electron chi connectivity index (χ0n) is 49.6. The Bertz CT molecular complexity index is 1280. The van der Waals surface area contributed by atoms with Crippen molar-refractivity contribution in [2.45, 2.75) is 285 Å². The van der Waals surface area contributed by atoms with Crippen LogP contribution in [0.1, 0.15) is 273 Å². The summed E-state index contributed by atoms with van der Waals surface area (Å²) in [6.45, 7) is 14.7. The lowest BCUT2D eigenvalue weighted by Crippen LogP contribution is -2.55. The number of likely N-dealkylation sites (N-methyl/N-ethyl adjacent to an activating group) is 1. The Morgan fingerprint density at radius 2 is 0.703 bits per heavy atom. The minimum absolute atomic E-state index is 0.0102. The van der Waals surface area contributed by atoms with Crippen molar-refractivity contribution in [2.24, 2.45) is 11.8 Å². The van der Waals surface area contributed by atoms with Crippen LogP contribution in [0, 0.1) is 11.8 Å². The molecule has 11 heteroatoms. The molecule has 0 rings (SSSR count). The highest BCUT2D eigenvalue weighted by molar-refractivity contribution is 5.88. The minimum atomic E-state index is -0.642. The highest BCUT2D eigenvalue weighted by atomic mass is 16.3. The summed E-state index contributed by atoms with van der Waals surface area (Å²) in [5.41, 5.74) is 0. The summed E-state index contributed by atoms with van der Waals surface area (Å²) in [5.74, 6) is -0.470. The maximum absolute atomic E-state index is 14.1. The van der Waals surface area contributed by atoms with E-state index < -0.39 is 12.1 Å². The molecule has 74 heavy (non-hydrogen) atoms. The maximum atomic E-state index is 14.1. The van der Waals surface area contributed by atoms with Gasteiger partial charge in [-0.3, -0.25) is 19.2 Å². The predicted octanol–water partition coefficient (Wildman–Crippen LogP) is 14.0. The SMILES string of the molecule is CCCCCCCC/C=C\CCCCCCCC(=O)N(CCO)C(C(=O)NCCN(C)CCNC(=O)C(C(CC)CCCC)N(CCO)C(=O)CCCCCCC/C=C\CCCCCCCC)C(CC)CCCC. The van der Waals surface area contributed by atoms with E-state index in [1.54, 1.807) is 9.80 Å². The summed E-state index contributed by atoms with van der Waals surface area (Å²) in [7, 11) is 1.96. The molecule has 0 saturated heterocycles. The number of hydrogen-bond acceptors (Lipinski definition) is 7. The molecule has 0 fully saturated rings. The highest BCUT2D eigenvalue weighted by Gasteiger charge is 2.36. The number of unbranched alkanes of at least 4 members (excludes halogenated alkanes) is 24. The van der Waals surface area contributed by atoms with E-state index in [1.807, 2.05) is 7.05 Å². The number of carbonyl (C=O) groups excluding carboxylic acids is 4. The Morgan fingerprint density at radius 1 is 0.405 bits per heavy atom. The first kappa shape index (κ1) is 71.2. The third-order valence-corrected chi connectivity index (χ3v) is 15.2. The van der Waals surface area contributed by atoms with Crippen LogP contribution in [-0.2, 0) is 19.2 Å². The molecule has 0 aromatic heterocycles. The summed E-state index contributed by atoms with van der Waals surface area (Å²) in [5, 5.41) is 26.6. The monoisotopic (exact) mass is 1040 g/mol. The van der Waals surface area contributed by atoms with Gasteiger partial charge >= 0.3 is 0 Å². The molecule has 4 amide bonds. The van der Waals surface area contributed by atoms with Gasteiger partial charge in [0.15, 0.2) is 0 Å². The van der Waals surface area contributed by atoms with Crippen LogP contribution in [0.3, 0.4) is 0 Å². The van der Waals surface area contributed by atoms with Crippen LogP contribution >= 0.6 is 0 Å². The molecule has 0 aromatic rings. The highest BCUT2D eigenvalue weighted by Crippen LogP contribution is 2.25. The lowest BCUT2D eigenvalue weighted by atomic mass is 9.89. The van der Waals surface area contributed by atoms with E-state index in [1.165, 1.54) is 103 Å². The average Bonchev–Trinajstić information content (AvgIpc) is 3.39. The summed E-state index contributed by atoms with van der Waals surface area (Å²) < 4.78 is 0. The molecule has 0 radical (unpaired) electrons. The molecule has 434 valence electrons. The normalized spacial score (nSPS) is 13.4. The van der Waals surface area contributed by atoms with Gasteiger partial charge in [-0.05, 0) is 95.9 Å². The van der Waals surface area contributed by atoms with Gasteiger partial charge in [-0.15, -0.1) is 0 Å². The first-order valence-electron chi connectivity index (χ1n) is 31.5. The zero-order chi connectivity index (χ0) is 54.7. The molecule has 0 saturated carbocycles. The van der Waals surface area contributed by atoms with E-state index in [9.17, 15) is 29.4 Å². The van der Waals surface area contributed by atoms with Gasteiger partial charge < -0.3 is 35.5 Å². The van der Waals surface area contributed by atoms with Crippen LogP contribution in [0.15, 0.2) is 24.3 Å². The van der Waals surface area contributed by atoms with Crippen molar-refractivity contribution in [3.63, 3.8) is 0 Å². The molecule has 0 aromatic carbocycles. The molecule has 0 bridgehead atoms. The van der Waals surface area contributed by atoms with Crippen LogP contribution < -0.4 is 10.6 Å². The number of aliphatic hydroxyl groups excluding tert-OH is 2. The Hall–Kier alpha value is -2.76. The number of carbonyl (C=O) groups is 4. The summed E-state index contributed by atoms with van der Waals surface area (Å²) in [6, 6.07) is -1.28. The van der Waals surface area contributed by atoms with Gasteiger partial charge in [0.25, 0.3) is 0 Å². The molecule has 4 N–H and O–H groups in total. The molecule has 4 unspecified atom stereocenters. The molecule has 0 aliphatic carbocycles. The van der Waals surface area contributed by atoms with E-state index in [0.717, 1.165) is 116 Å². The predicted molar refractivity (Wildman–Crippen MR) is 314 cm³/mol. The van der Waals surface area contributed by atoms with Crippen molar-refractivity contribution < 1.29 is 29.4 Å². The van der Waals surface area contributed by atoms with Crippen LogP contribution in [-0.4, -0.2) is 120 Å². The number of nitrogens with one attached hydrogen (secondary N) is 2. The van der Waals surface area contributed by atoms with Gasteiger partial charge in [-0.2, -0.15) is 0 Å². The quantitative estimate of drug-likeness (QED) is 0.0351. The first-order chi connectivity index (χ1) is 36.1. The van der Waals surface area contributed by atoms with E-state index in [4.69, 9.17) is 0 Å². The zero-order valence-corrected chi connectivity index (χ0v) is 49.6. The molecule has 0 aliphatic heterocycles. The lowest BCUT2D eigenvalue weighted by Gasteiger charge is -2.36.